The summed E-state index contributed by atoms with van der Waals surface area (Å²) < 4.78 is 38.4. The number of anilines is 2. The zero-order chi connectivity index (χ0) is 23.0. The Morgan fingerprint density at radius 3 is 2.41 bits per heavy atom. The lowest BCUT2D eigenvalue weighted by molar-refractivity contribution is -0.116. The smallest absolute Gasteiger partial charge is 0.263 e. The van der Waals surface area contributed by atoms with Crippen LogP contribution in [0.2, 0.25) is 0 Å². The van der Waals surface area contributed by atoms with E-state index in [9.17, 15) is 13.2 Å². The van der Waals surface area contributed by atoms with E-state index in [1.54, 1.807) is 17.5 Å². The van der Waals surface area contributed by atoms with Crippen LogP contribution in [0.4, 0.5) is 10.8 Å². The van der Waals surface area contributed by atoms with Gasteiger partial charge in [-0.1, -0.05) is 6.07 Å². The zero-order valence-electron chi connectivity index (χ0n) is 17.8. The summed E-state index contributed by atoms with van der Waals surface area (Å²) >= 11 is 1.19. The van der Waals surface area contributed by atoms with E-state index in [-0.39, 0.29) is 17.2 Å². The van der Waals surface area contributed by atoms with Crippen LogP contribution in [0, 0.1) is 0 Å². The van der Waals surface area contributed by atoms with E-state index in [1.165, 1.54) is 29.7 Å². The third-order valence-corrected chi connectivity index (χ3v) is 6.52. The third kappa shape index (κ3) is 6.44. The van der Waals surface area contributed by atoms with E-state index in [2.05, 4.69) is 15.0 Å². The van der Waals surface area contributed by atoms with Crippen molar-refractivity contribution in [1.29, 1.82) is 0 Å². The van der Waals surface area contributed by atoms with Crippen LogP contribution < -0.4 is 19.5 Å². The summed E-state index contributed by atoms with van der Waals surface area (Å²) in [5.74, 6) is 1.17. The second kappa shape index (κ2) is 11.0. The maximum absolute atomic E-state index is 12.4. The molecule has 1 heterocycles. The van der Waals surface area contributed by atoms with E-state index in [1.807, 2.05) is 32.0 Å². The molecule has 0 saturated heterocycles. The van der Waals surface area contributed by atoms with Crippen LogP contribution in [0.3, 0.4) is 0 Å². The van der Waals surface area contributed by atoms with Gasteiger partial charge in [0.05, 0.1) is 18.1 Å². The number of sulfonamides is 1. The molecule has 1 amide bonds. The highest BCUT2D eigenvalue weighted by atomic mass is 32.2. The van der Waals surface area contributed by atoms with Crippen molar-refractivity contribution in [3.63, 3.8) is 0 Å². The number of amides is 1. The maximum Gasteiger partial charge on any atom is 0.263 e. The average molecular weight is 476 g/mol. The summed E-state index contributed by atoms with van der Waals surface area (Å²) in [6, 6.07) is 11.6. The molecule has 0 aliphatic heterocycles. The van der Waals surface area contributed by atoms with Gasteiger partial charge in [0.25, 0.3) is 10.0 Å². The molecule has 0 bridgehead atoms. The number of rotatable bonds is 11. The van der Waals surface area contributed by atoms with Crippen molar-refractivity contribution in [1.82, 2.24) is 4.98 Å². The van der Waals surface area contributed by atoms with Gasteiger partial charge in [0.1, 0.15) is 0 Å². The molecule has 0 aliphatic carbocycles. The molecule has 32 heavy (non-hydrogen) atoms. The van der Waals surface area contributed by atoms with Gasteiger partial charge in [-0.25, -0.2) is 13.4 Å². The molecule has 1 aromatic heterocycles. The number of nitrogens with zero attached hydrogens (tertiary/aromatic N) is 1. The number of hydrogen-bond donors (Lipinski definition) is 2. The average Bonchev–Trinajstić information content (AvgIpc) is 3.27. The quantitative estimate of drug-likeness (QED) is 0.428. The summed E-state index contributed by atoms with van der Waals surface area (Å²) in [6.45, 7) is 4.88. The second-order valence-corrected chi connectivity index (χ2v) is 9.24. The molecule has 2 N–H and O–H groups in total. The Morgan fingerprint density at radius 2 is 1.75 bits per heavy atom. The molecule has 0 aliphatic rings. The summed E-state index contributed by atoms with van der Waals surface area (Å²) in [5.41, 5.74) is 1.48. The van der Waals surface area contributed by atoms with Crippen molar-refractivity contribution in [3.8, 4) is 11.5 Å². The van der Waals surface area contributed by atoms with Crippen LogP contribution in [-0.4, -0.2) is 32.5 Å². The fourth-order valence-corrected chi connectivity index (χ4v) is 4.69. The lowest BCUT2D eigenvalue weighted by Crippen LogP contribution is -2.14. The Balaban J connectivity index is 1.56. The number of hydrogen-bond acceptors (Lipinski definition) is 7. The van der Waals surface area contributed by atoms with Crippen molar-refractivity contribution in [2.45, 2.75) is 31.6 Å². The number of aryl methyl sites for hydroxylation is 1. The first-order valence-corrected chi connectivity index (χ1v) is 12.5. The summed E-state index contributed by atoms with van der Waals surface area (Å²) in [6.07, 6.45) is 2.32. The normalized spacial score (nSPS) is 11.1. The van der Waals surface area contributed by atoms with E-state index >= 15 is 0 Å². The van der Waals surface area contributed by atoms with Crippen molar-refractivity contribution in [3.05, 3.63) is 59.6 Å². The minimum Gasteiger partial charge on any atom is -0.490 e. The SMILES string of the molecule is CCOc1ccc(CCC(=O)Nc2ccc(S(=O)(=O)Nc3nccs3)cc2)cc1OCC. The van der Waals surface area contributed by atoms with Gasteiger partial charge in [-0.3, -0.25) is 9.52 Å². The van der Waals surface area contributed by atoms with Crippen molar-refractivity contribution < 1.29 is 22.7 Å². The lowest BCUT2D eigenvalue weighted by Gasteiger charge is -2.12. The molecule has 2 aromatic carbocycles. The Labute approximate surface area is 191 Å². The topological polar surface area (TPSA) is 107 Å². The number of benzene rings is 2. The monoisotopic (exact) mass is 475 g/mol. The van der Waals surface area contributed by atoms with Crippen molar-refractivity contribution in [2.24, 2.45) is 0 Å². The molecule has 0 spiro atoms. The number of carbonyl (C=O) groups is 1. The van der Waals surface area contributed by atoms with E-state index in [4.69, 9.17) is 9.47 Å². The predicted octanol–water partition coefficient (Wildman–Crippen LogP) is 4.31. The van der Waals surface area contributed by atoms with Crippen LogP contribution >= 0.6 is 11.3 Å². The number of nitrogens with one attached hydrogen (secondary N) is 2. The molecule has 0 saturated carbocycles. The molecule has 0 unspecified atom stereocenters. The number of ether oxygens (including phenoxy) is 2. The van der Waals surface area contributed by atoms with Gasteiger partial charge >= 0.3 is 0 Å². The Bertz CT molecular complexity index is 1130. The Morgan fingerprint density at radius 1 is 1.03 bits per heavy atom. The van der Waals surface area contributed by atoms with E-state index < -0.39 is 10.0 Å². The Kier molecular flexibility index (Phi) is 8.07. The Hall–Kier alpha value is -3.11. The van der Waals surface area contributed by atoms with Gasteiger partial charge in [0, 0.05) is 23.7 Å². The van der Waals surface area contributed by atoms with Gasteiger partial charge in [-0.15, -0.1) is 11.3 Å². The fourth-order valence-electron chi connectivity index (χ4n) is 2.90. The molecule has 8 nitrogen and oxygen atoms in total. The van der Waals surface area contributed by atoms with Crippen LogP contribution in [0.5, 0.6) is 11.5 Å². The first-order chi connectivity index (χ1) is 15.4. The first-order valence-electron chi connectivity index (χ1n) is 10.1. The molecule has 3 aromatic rings. The highest BCUT2D eigenvalue weighted by molar-refractivity contribution is 7.93. The lowest BCUT2D eigenvalue weighted by atomic mass is 10.1. The van der Waals surface area contributed by atoms with Crippen molar-refractivity contribution in [2.75, 3.05) is 23.3 Å². The molecular weight excluding hydrogens is 450 g/mol. The minimum atomic E-state index is -3.73. The van der Waals surface area contributed by atoms with Gasteiger partial charge in [0.2, 0.25) is 5.91 Å². The van der Waals surface area contributed by atoms with Gasteiger partial charge in [-0.05, 0) is 62.2 Å². The third-order valence-electron chi connectivity index (χ3n) is 4.35. The van der Waals surface area contributed by atoms with Crippen LogP contribution in [0.1, 0.15) is 25.8 Å². The maximum atomic E-state index is 12.4. The number of thiazole rings is 1. The van der Waals surface area contributed by atoms with Gasteiger partial charge < -0.3 is 14.8 Å². The molecule has 10 heteroatoms. The summed E-state index contributed by atoms with van der Waals surface area (Å²) in [7, 11) is -3.73. The van der Waals surface area contributed by atoms with E-state index in [0.717, 1.165) is 5.56 Å². The van der Waals surface area contributed by atoms with Crippen molar-refractivity contribution >= 4 is 38.1 Å². The van der Waals surface area contributed by atoms with Gasteiger partial charge in [0.15, 0.2) is 16.6 Å². The molecule has 0 atom stereocenters. The largest absolute Gasteiger partial charge is 0.490 e. The minimum absolute atomic E-state index is 0.0866. The summed E-state index contributed by atoms with van der Waals surface area (Å²) in [5, 5.41) is 4.76. The van der Waals surface area contributed by atoms with Crippen LogP contribution in [0.15, 0.2) is 58.9 Å². The number of carbonyl (C=O) groups excluding carboxylic acids is 1. The molecule has 0 radical (unpaired) electrons. The zero-order valence-corrected chi connectivity index (χ0v) is 19.5. The fraction of sp³-hybridized carbons (Fsp3) is 0.273. The van der Waals surface area contributed by atoms with Crippen LogP contribution in [-0.2, 0) is 21.2 Å². The highest BCUT2D eigenvalue weighted by Gasteiger charge is 2.15. The van der Waals surface area contributed by atoms with E-state index in [0.29, 0.717) is 42.0 Å². The van der Waals surface area contributed by atoms with Gasteiger partial charge in [-0.2, -0.15) is 0 Å². The van der Waals surface area contributed by atoms with Crippen LogP contribution in [0.25, 0.3) is 0 Å². The summed E-state index contributed by atoms with van der Waals surface area (Å²) in [4.78, 5) is 16.4. The molecule has 170 valence electrons. The molecule has 0 fully saturated rings. The highest BCUT2D eigenvalue weighted by Crippen LogP contribution is 2.29. The standard InChI is InChI=1S/C22H25N3O5S2/c1-3-29-19-11-5-16(15-20(19)30-4-2)6-12-21(26)24-17-7-9-18(10-8-17)32(27,28)25-22-23-13-14-31-22/h5,7-11,13-15H,3-4,6,12H2,1-2H3,(H,23,25)(H,24,26). The molecular formula is C22H25N3O5S2. The predicted molar refractivity (Wildman–Crippen MR) is 125 cm³/mol. The molecule has 3 rings (SSSR count). The second-order valence-electron chi connectivity index (χ2n) is 6.66. The first kappa shape index (κ1) is 23.6. The number of aromatic nitrogens is 1.